The van der Waals surface area contributed by atoms with Gasteiger partial charge in [0.1, 0.15) is 10.9 Å². The first kappa shape index (κ1) is 25.4. The summed E-state index contributed by atoms with van der Waals surface area (Å²) in [6, 6.07) is 9.04. The lowest BCUT2D eigenvalue weighted by atomic mass is 9.90. The lowest BCUT2D eigenvalue weighted by Crippen LogP contribution is -2.55. The molecule has 1 unspecified atom stereocenters. The van der Waals surface area contributed by atoms with Crippen LogP contribution in [0.15, 0.2) is 46.0 Å². The number of anilines is 1. The van der Waals surface area contributed by atoms with Crippen molar-refractivity contribution in [1.82, 2.24) is 4.31 Å². The number of nitrogens with zero attached hydrogens (tertiary/aromatic N) is 2. The Morgan fingerprint density at radius 3 is 2.44 bits per heavy atom. The van der Waals surface area contributed by atoms with Crippen molar-refractivity contribution in [3.05, 3.63) is 47.3 Å². The van der Waals surface area contributed by atoms with E-state index >= 15 is 0 Å². The van der Waals surface area contributed by atoms with Crippen LogP contribution in [0.2, 0.25) is 0 Å². The summed E-state index contributed by atoms with van der Waals surface area (Å²) in [6.45, 7) is 0.801. The van der Waals surface area contributed by atoms with Crippen molar-refractivity contribution in [3.8, 4) is 0 Å². The molecule has 0 amide bonds. The minimum atomic E-state index is -3.59. The second kappa shape index (κ2) is 10.5. The maximum absolute atomic E-state index is 13.2. The smallest absolute Gasteiger partial charge is 0.273 e. The Hall–Kier alpha value is -1.66. The zero-order valence-electron chi connectivity index (χ0n) is 18.7. The van der Waals surface area contributed by atoms with Gasteiger partial charge < -0.3 is 14.7 Å². The van der Waals surface area contributed by atoms with Gasteiger partial charge >= 0.3 is 0 Å². The molecular formula is C23H29F3N2O4S2. The molecule has 2 saturated heterocycles. The summed E-state index contributed by atoms with van der Waals surface area (Å²) in [5.74, 6) is 0.389. The first-order chi connectivity index (χ1) is 16.3. The van der Waals surface area contributed by atoms with Crippen LogP contribution in [-0.2, 0) is 20.4 Å². The molecule has 11 heteroatoms. The van der Waals surface area contributed by atoms with Gasteiger partial charge in [0.05, 0.1) is 0 Å². The minimum Gasteiger partial charge on any atom is -0.381 e. The summed E-state index contributed by atoms with van der Waals surface area (Å²) in [7, 11) is -3.59. The number of piperazine rings is 1. The summed E-state index contributed by atoms with van der Waals surface area (Å²) in [4.78, 5) is 2.09. The van der Waals surface area contributed by atoms with Crippen molar-refractivity contribution in [2.75, 3.05) is 44.4 Å². The maximum atomic E-state index is 13.2. The predicted molar refractivity (Wildman–Crippen MR) is 125 cm³/mol. The quantitative estimate of drug-likeness (QED) is 0.575. The average Bonchev–Trinajstić information content (AvgIpc) is 3.40. The third-order valence-electron chi connectivity index (χ3n) is 6.74. The Bertz CT molecular complexity index is 1030. The molecule has 0 radical (unpaired) electrons. The third-order valence-corrected chi connectivity index (χ3v) is 9.98. The Balaban J connectivity index is 1.58. The summed E-state index contributed by atoms with van der Waals surface area (Å²) < 4.78 is 73.3. The van der Waals surface area contributed by atoms with Crippen LogP contribution in [0, 0.1) is 5.92 Å². The molecule has 4 rings (SSSR count). The number of hydrogen-bond donors (Lipinski definition) is 1. The predicted octanol–water partition coefficient (Wildman–Crippen LogP) is 3.87. The van der Waals surface area contributed by atoms with Crippen LogP contribution in [0.1, 0.15) is 24.8 Å². The van der Waals surface area contributed by atoms with Crippen LogP contribution in [0.3, 0.4) is 0 Å². The summed E-state index contributed by atoms with van der Waals surface area (Å²) in [5, 5.41) is 11.8. The lowest BCUT2D eigenvalue weighted by molar-refractivity contribution is -0.114. The van der Waals surface area contributed by atoms with E-state index in [0.29, 0.717) is 36.4 Å². The largest absolute Gasteiger partial charge is 0.381 e. The molecular weight excluding hydrogens is 489 g/mol. The zero-order valence-corrected chi connectivity index (χ0v) is 20.3. The zero-order chi connectivity index (χ0) is 24.3. The highest BCUT2D eigenvalue weighted by molar-refractivity contribution is 7.91. The normalized spacial score (nSPS) is 22.7. The van der Waals surface area contributed by atoms with Crippen molar-refractivity contribution in [1.29, 1.82) is 0 Å². The van der Waals surface area contributed by atoms with E-state index in [2.05, 4.69) is 4.90 Å². The van der Waals surface area contributed by atoms with Gasteiger partial charge in [0.25, 0.3) is 16.4 Å². The molecule has 3 heterocycles. The number of ether oxygens (including phenoxy) is 1. The van der Waals surface area contributed by atoms with Crippen molar-refractivity contribution < 1.29 is 31.4 Å². The first-order valence-corrected chi connectivity index (χ1v) is 13.6. The molecule has 0 bridgehead atoms. The van der Waals surface area contributed by atoms with Gasteiger partial charge in [-0.3, -0.25) is 0 Å². The van der Waals surface area contributed by atoms with Crippen molar-refractivity contribution in [3.63, 3.8) is 0 Å². The molecule has 34 heavy (non-hydrogen) atoms. The number of thiophene rings is 1. The monoisotopic (exact) mass is 518 g/mol. The van der Waals surface area contributed by atoms with Crippen LogP contribution in [0.4, 0.5) is 18.9 Å². The van der Waals surface area contributed by atoms with E-state index in [1.807, 2.05) is 0 Å². The van der Waals surface area contributed by atoms with E-state index in [9.17, 15) is 26.7 Å². The maximum Gasteiger partial charge on any atom is 0.273 e. The van der Waals surface area contributed by atoms with E-state index in [4.69, 9.17) is 4.74 Å². The molecule has 0 saturated carbocycles. The molecule has 2 aliphatic rings. The molecule has 2 aromatic rings. The average molecular weight is 519 g/mol. The van der Waals surface area contributed by atoms with Gasteiger partial charge in [-0.15, -0.1) is 11.3 Å². The van der Waals surface area contributed by atoms with Crippen LogP contribution >= 0.6 is 11.3 Å². The van der Waals surface area contributed by atoms with Gasteiger partial charge in [0.2, 0.25) is 0 Å². The van der Waals surface area contributed by atoms with Gasteiger partial charge in [-0.2, -0.15) is 4.31 Å². The summed E-state index contributed by atoms with van der Waals surface area (Å²) >= 11 is 1.19. The highest BCUT2D eigenvalue weighted by Gasteiger charge is 2.40. The number of sulfonamides is 1. The minimum absolute atomic E-state index is 0.118. The highest BCUT2D eigenvalue weighted by Crippen LogP contribution is 2.34. The summed E-state index contributed by atoms with van der Waals surface area (Å²) in [6.07, 6.45) is -0.680. The standard InChI is InChI=1S/C23H29F3N2O4S2/c24-16-23(29,22(25)26)18-3-5-19(6-4-18)28-10-9-27(34(30,31)21-2-1-13-33-21)15-20(28)14-17-7-11-32-12-8-17/h1-6,13,17,20,22,29H,7-12,14-16H2/t20-,23?/m1/s1. The topological polar surface area (TPSA) is 70.1 Å². The number of alkyl halides is 3. The van der Waals surface area contributed by atoms with E-state index < -0.39 is 28.7 Å². The number of halogens is 3. The number of benzene rings is 1. The van der Waals surface area contributed by atoms with Crippen LogP contribution < -0.4 is 4.90 Å². The SMILES string of the molecule is O=S(=O)(c1cccs1)N1CCN(c2ccc(C(O)(CF)C(F)F)cc2)[C@H](CC2CCOCC2)C1. The Morgan fingerprint density at radius 2 is 1.85 bits per heavy atom. The van der Waals surface area contributed by atoms with Crippen LogP contribution in [-0.4, -0.2) is 69.8 Å². The van der Waals surface area contributed by atoms with Crippen LogP contribution in [0.25, 0.3) is 0 Å². The molecule has 0 aliphatic carbocycles. The van der Waals surface area contributed by atoms with E-state index in [0.717, 1.165) is 24.9 Å². The van der Waals surface area contributed by atoms with Crippen molar-refractivity contribution in [2.24, 2.45) is 5.92 Å². The van der Waals surface area contributed by atoms with Crippen molar-refractivity contribution in [2.45, 2.75) is 41.5 Å². The molecule has 1 N–H and O–H groups in total. The van der Waals surface area contributed by atoms with Gasteiger partial charge in [-0.1, -0.05) is 18.2 Å². The van der Waals surface area contributed by atoms with E-state index in [1.165, 1.54) is 27.8 Å². The van der Waals surface area contributed by atoms with Gasteiger partial charge in [-0.05, 0) is 54.3 Å². The molecule has 6 nitrogen and oxygen atoms in total. The number of aliphatic hydroxyl groups is 1. The van der Waals surface area contributed by atoms with E-state index in [1.54, 1.807) is 29.6 Å². The fourth-order valence-corrected chi connectivity index (χ4v) is 7.31. The Morgan fingerprint density at radius 1 is 1.15 bits per heavy atom. The summed E-state index contributed by atoms with van der Waals surface area (Å²) in [5.41, 5.74) is -2.30. The first-order valence-electron chi connectivity index (χ1n) is 11.3. The second-order valence-electron chi connectivity index (χ2n) is 8.84. The third kappa shape index (κ3) is 5.13. The molecule has 2 atom stereocenters. The molecule has 188 valence electrons. The van der Waals surface area contributed by atoms with Crippen molar-refractivity contribution >= 4 is 27.0 Å². The molecule has 2 aliphatic heterocycles. The van der Waals surface area contributed by atoms with E-state index in [-0.39, 0.29) is 18.2 Å². The molecule has 1 aromatic carbocycles. The fourth-order valence-electron chi connectivity index (χ4n) is 4.69. The van der Waals surface area contributed by atoms with Gasteiger partial charge in [0, 0.05) is 44.6 Å². The van der Waals surface area contributed by atoms with Gasteiger partial charge in [0.15, 0.2) is 5.60 Å². The number of rotatable bonds is 8. The van der Waals surface area contributed by atoms with Gasteiger partial charge in [-0.25, -0.2) is 21.6 Å². The Labute approximate surface area is 202 Å². The second-order valence-corrected chi connectivity index (χ2v) is 12.0. The lowest BCUT2D eigenvalue weighted by Gasteiger charge is -2.44. The number of hydrogen-bond acceptors (Lipinski definition) is 6. The molecule has 1 aromatic heterocycles. The Kier molecular flexibility index (Phi) is 7.88. The highest BCUT2D eigenvalue weighted by atomic mass is 32.2. The molecule has 0 spiro atoms. The fraction of sp³-hybridized carbons (Fsp3) is 0.565. The molecule has 2 fully saturated rings. The van der Waals surface area contributed by atoms with Crippen LogP contribution in [0.5, 0.6) is 0 Å².